The molecule has 2 atom stereocenters. The number of aryl methyl sites for hydroxylation is 3. The number of terminal acetylenes is 2. The van der Waals surface area contributed by atoms with Crippen molar-refractivity contribution in [3.8, 4) is 24.7 Å². The lowest BCUT2D eigenvalue weighted by atomic mass is 9.86. The summed E-state index contributed by atoms with van der Waals surface area (Å²) in [5.74, 6) is 3.29. The summed E-state index contributed by atoms with van der Waals surface area (Å²) >= 11 is 0. The van der Waals surface area contributed by atoms with Crippen LogP contribution in [0.3, 0.4) is 0 Å². The molecule has 0 aliphatic heterocycles. The Hall–Kier alpha value is -2.32. The van der Waals surface area contributed by atoms with E-state index in [0.29, 0.717) is 0 Å². The summed E-state index contributed by atoms with van der Waals surface area (Å²) in [6.07, 6.45) is 11.3. The van der Waals surface area contributed by atoms with Crippen molar-refractivity contribution in [3.63, 3.8) is 0 Å². The van der Waals surface area contributed by atoms with Gasteiger partial charge in [0.05, 0.1) is 0 Å². The van der Waals surface area contributed by atoms with Crippen LogP contribution in [0.25, 0.3) is 0 Å². The topological polar surface area (TPSA) is 34.1 Å². The van der Waals surface area contributed by atoms with E-state index in [0.717, 1.165) is 22.3 Å². The Morgan fingerprint density at radius 2 is 1.32 bits per heavy atom. The molecule has 1 fully saturated rings. The maximum atomic E-state index is 12.8. The van der Waals surface area contributed by atoms with Crippen LogP contribution in [0.15, 0.2) is 12.1 Å². The molecule has 2 heteroatoms. The molecule has 2 rings (SSSR count). The predicted molar refractivity (Wildman–Crippen MR) is 87.3 cm³/mol. The van der Waals surface area contributed by atoms with Crippen molar-refractivity contribution in [1.29, 1.82) is 0 Å². The fourth-order valence-electron chi connectivity index (χ4n) is 3.64. The Labute approximate surface area is 132 Å². The second-order valence-electron chi connectivity index (χ2n) is 6.08. The maximum Gasteiger partial charge on any atom is 0.152 e. The molecular formula is C20H20O2. The Bertz CT molecular complexity index is 655. The average Bonchev–Trinajstić information content (AvgIpc) is 2.65. The lowest BCUT2D eigenvalue weighted by molar-refractivity contribution is -0.125. The first kappa shape index (κ1) is 16.1. The van der Waals surface area contributed by atoms with E-state index in [9.17, 15) is 9.59 Å². The van der Waals surface area contributed by atoms with Crippen molar-refractivity contribution < 1.29 is 9.59 Å². The molecule has 0 heterocycles. The fourth-order valence-corrected chi connectivity index (χ4v) is 3.64. The summed E-state index contributed by atoms with van der Waals surface area (Å²) in [5, 5.41) is 0. The highest BCUT2D eigenvalue weighted by Crippen LogP contribution is 2.41. The molecule has 0 spiro atoms. The van der Waals surface area contributed by atoms with E-state index in [1.165, 1.54) is 0 Å². The summed E-state index contributed by atoms with van der Waals surface area (Å²) in [5.41, 5.74) is 3.91. The molecule has 1 saturated carbocycles. The normalized spacial score (nSPS) is 24.1. The van der Waals surface area contributed by atoms with Crippen molar-refractivity contribution in [2.75, 3.05) is 0 Å². The first-order valence-electron chi connectivity index (χ1n) is 7.44. The zero-order valence-electron chi connectivity index (χ0n) is 13.3. The lowest BCUT2D eigenvalue weighted by Gasteiger charge is -2.16. The minimum atomic E-state index is -0.711. The molecule has 0 N–H and O–H groups in total. The first-order valence-corrected chi connectivity index (χ1v) is 7.44. The molecule has 2 unspecified atom stereocenters. The molecule has 0 bridgehead atoms. The van der Waals surface area contributed by atoms with Crippen LogP contribution in [0, 0.1) is 57.3 Å². The van der Waals surface area contributed by atoms with Gasteiger partial charge >= 0.3 is 0 Å². The van der Waals surface area contributed by atoms with Gasteiger partial charge in [0.2, 0.25) is 0 Å². The smallest absolute Gasteiger partial charge is 0.152 e. The fraction of sp³-hybridized carbons (Fsp3) is 0.400. The number of carbonyl (C=O) groups is 2. The second kappa shape index (κ2) is 6.20. The van der Waals surface area contributed by atoms with E-state index in [-0.39, 0.29) is 24.4 Å². The van der Waals surface area contributed by atoms with E-state index in [1.807, 2.05) is 32.9 Å². The molecule has 1 aromatic carbocycles. The van der Waals surface area contributed by atoms with Gasteiger partial charge in [-0.1, -0.05) is 17.7 Å². The summed E-state index contributed by atoms with van der Waals surface area (Å²) in [7, 11) is 0. The molecule has 1 aliphatic rings. The molecule has 0 aromatic heterocycles. The third kappa shape index (κ3) is 2.58. The summed E-state index contributed by atoms with van der Waals surface area (Å²) in [6.45, 7) is 5.89. The van der Waals surface area contributed by atoms with Crippen LogP contribution in [0.5, 0.6) is 0 Å². The number of hydrogen-bond donors (Lipinski definition) is 0. The molecule has 112 valence electrons. The van der Waals surface area contributed by atoms with Gasteiger partial charge in [-0.25, -0.2) is 0 Å². The van der Waals surface area contributed by atoms with Gasteiger partial charge in [0.25, 0.3) is 0 Å². The first-order chi connectivity index (χ1) is 10.4. The second-order valence-corrected chi connectivity index (χ2v) is 6.08. The van der Waals surface area contributed by atoms with Gasteiger partial charge < -0.3 is 0 Å². The molecule has 0 radical (unpaired) electrons. The number of benzene rings is 1. The SMILES string of the molecule is C#CCC1C(=O)C(c2c(C)cc(C)cc2C)C(=O)C1CC#C. The summed E-state index contributed by atoms with van der Waals surface area (Å²) in [6, 6.07) is 4.02. The van der Waals surface area contributed by atoms with Gasteiger partial charge in [0.15, 0.2) is 11.6 Å². The standard InChI is InChI=1S/C20H20O2/c1-6-8-15-16(9-7-2)20(22)18(19(15)21)17-13(4)10-12(3)11-14(17)5/h1-2,10-11,15-16,18H,8-9H2,3-5H3. The van der Waals surface area contributed by atoms with Crippen LogP contribution >= 0.6 is 0 Å². The number of carbonyl (C=O) groups excluding carboxylic acids is 2. The summed E-state index contributed by atoms with van der Waals surface area (Å²) in [4.78, 5) is 25.6. The van der Waals surface area contributed by atoms with Crippen LogP contribution in [0.1, 0.15) is 41.0 Å². The maximum absolute atomic E-state index is 12.8. The van der Waals surface area contributed by atoms with Gasteiger partial charge in [-0.2, -0.15) is 0 Å². The van der Waals surface area contributed by atoms with E-state index in [2.05, 4.69) is 11.8 Å². The van der Waals surface area contributed by atoms with Gasteiger partial charge in [-0.05, 0) is 37.5 Å². The van der Waals surface area contributed by atoms with Gasteiger partial charge in [0.1, 0.15) is 5.92 Å². The van der Waals surface area contributed by atoms with Crippen molar-refractivity contribution in [1.82, 2.24) is 0 Å². The van der Waals surface area contributed by atoms with Crippen molar-refractivity contribution >= 4 is 11.6 Å². The third-order valence-electron chi connectivity index (χ3n) is 4.49. The lowest BCUT2D eigenvalue weighted by Crippen LogP contribution is -2.17. The minimum Gasteiger partial charge on any atom is -0.298 e. The van der Waals surface area contributed by atoms with Crippen molar-refractivity contribution in [2.24, 2.45) is 11.8 Å². The van der Waals surface area contributed by atoms with Crippen LogP contribution in [-0.4, -0.2) is 11.6 Å². The molecular weight excluding hydrogens is 272 g/mol. The number of rotatable bonds is 3. The molecule has 0 amide bonds. The van der Waals surface area contributed by atoms with Crippen LogP contribution in [-0.2, 0) is 9.59 Å². The average molecular weight is 292 g/mol. The number of ketones is 2. The van der Waals surface area contributed by atoms with E-state index < -0.39 is 17.8 Å². The monoisotopic (exact) mass is 292 g/mol. The van der Waals surface area contributed by atoms with Crippen LogP contribution < -0.4 is 0 Å². The highest BCUT2D eigenvalue weighted by molar-refractivity contribution is 6.16. The zero-order valence-corrected chi connectivity index (χ0v) is 13.3. The summed E-state index contributed by atoms with van der Waals surface area (Å²) < 4.78 is 0. The number of Topliss-reactive ketones (excluding diaryl/α,β-unsaturated/α-hetero) is 2. The number of hydrogen-bond acceptors (Lipinski definition) is 2. The predicted octanol–water partition coefficient (Wildman–Crippen LogP) is 3.13. The third-order valence-corrected chi connectivity index (χ3v) is 4.49. The molecule has 2 nitrogen and oxygen atoms in total. The molecule has 1 aliphatic carbocycles. The highest BCUT2D eigenvalue weighted by atomic mass is 16.2. The van der Waals surface area contributed by atoms with Crippen molar-refractivity contribution in [3.05, 3.63) is 34.4 Å². The van der Waals surface area contributed by atoms with E-state index >= 15 is 0 Å². The van der Waals surface area contributed by atoms with Gasteiger partial charge in [-0.3, -0.25) is 9.59 Å². The molecule has 0 saturated heterocycles. The Balaban J connectivity index is 2.53. The Kier molecular flexibility index (Phi) is 4.53. The van der Waals surface area contributed by atoms with E-state index in [1.54, 1.807) is 0 Å². The Morgan fingerprint density at radius 3 is 1.68 bits per heavy atom. The van der Waals surface area contributed by atoms with Crippen LogP contribution in [0.2, 0.25) is 0 Å². The highest BCUT2D eigenvalue weighted by Gasteiger charge is 2.49. The van der Waals surface area contributed by atoms with Crippen molar-refractivity contribution in [2.45, 2.75) is 39.5 Å². The largest absolute Gasteiger partial charge is 0.298 e. The van der Waals surface area contributed by atoms with Gasteiger partial charge in [-0.15, -0.1) is 24.7 Å². The molecule has 1 aromatic rings. The van der Waals surface area contributed by atoms with Crippen LogP contribution in [0.4, 0.5) is 0 Å². The van der Waals surface area contributed by atoms with Gasteiger partial charge in [0, 0.05) is 24.7 Å². The zero-order chi connectivity index (χ0) is 16.4. The Morgan fingerprint density at radius 1 is 0.909 bits per heavy atom. The minimum absolute atomic E-state index is 0.0711. The van der Waals surface area contributed by atoms with E-state index in [4.69, 9.17) is 12.8 Å². The quantitative estimate of drug-likeness (QED) is 0.633. The molecule has 22 heavy (non-hydrogen) atoms.